The minimum Gasteiger partial charge on any atom is -0.399 e. The van der Waals surface area contributed by atoms with Crippen molar-refractivity contribution in [3.8, 4) is 5.82 Å². The van der Waals surface area contributed by atoms with E-state index in [-0.39, 0.29) is 11.2 Å². The maximum absolute atomic E-state index is 6.35. The molecule has 0 radical (unpaired) electrons. The summed E-state index contributed by atoms with van der Waals surface area (Å²) in [5.74, 6) is 0.696. The highest BCUT2D eigenvalue weighted by Gasteiger charge is 2.51. The van der Waals surface area contributed by atoms with Gasteiger partial charge in [0.05, 0.1) is 16.2 Å². The van der Waals surface area contributed by atoms with Crippen molar-refractivity contribution in [2.75, 3.05) is 0 Å². The van der Waals surface area contributed by atoms with E-state index in [1.807, 2.05) is 62.9 Å². The highest BCUT2D eigenvalue weighted by atomic mass is 35.5. The summed E-state index contributed by atoms with van der Waals surface area (Å²) in [6.45, 7) is 8.10. The zero-order valence-corrected chi connectivity index (χ0v) is 13.4. The molecule has 1 fully saturated rings. The zero-order valence-electron chi connectivity index (χ0n) is 12.6. The second kappa shape index (κ2) is 4.87. The highest BCUT2D eigenvalue weighted by molar-refractivity contribution is 6.62. The van der Waals surface area contributed by atoms with Crippen LogP contribution < -0.4 is 5.46 Å². The monoisotopic (exact) mass is 304 g/mol. The van der Waals surface area contributed by atoms with Crippen LogP contribution in [0.4, 0.5) is 0 Å². The Kier molecular flexibility index (Phi) is 3.39. The first-order valence-electron chi connectivity index (χ1n) is 6.95. The second-order valence-corrected chi connectivity index (χ2v) is 6.66. The quantitative estimate of drug-likeness (QED) is 0.801. The maximum atomic E-state index is 6.35. The summed E-state index contributed by atoms with van der Waals surface area (Å²) in [5.41, 5.74) is 0.0847. The second-order valence-electron chi connectivity index (χ2n) is 6.25. The normalized spacial score (nSPS) is 20.0. The standard InChI is InChI=1S/C15H18BClN2O2/c1-14(2)15(3,4)21-16(20-14)11-9-12(17)13(18-10-11)19-7-5-6-8-19/h5-10H,1-4H3. The van der Waals surface area contributed by atoms with Crippen molar-refractivity contribution >= 4 is 24.2 Å². The highest BCUT2D eigenvalue weighted by Crippen LogP contribution is 2.36. The molecule has 0 atom stereocenters. The third kappa shape index (κ3) is 2.50. The van der Waals surface area contributed by atoms with Crippen molar-refractivity contribution < 1.29 is 9.31 Å². The topological polar surface area (TPSA) is 36.3 Å². The smallest absolute Gasteiger partial charge is 0.399 e. The lowest BCUT2D eigenvalue weighted by Gasteiger charge is -2.32. The first-order chi connectivity index (χ1) is 9.80. The van der Waals surface area contributed by atoms with Crippen LogP contribution in [0.15, 0.2) is 36.8 Å². The van der Waals surface area contributed by atoms with Crippen LogP contribution in [-0.2, 0) is 9.31 Å². The summed E-state index contributed by atoms with van der Waals surface area (Å²) in [7, 11) is -0.446. The number of nitrogens with zero attached hydrogens (tertiary/aromatic N) is 2. The van der Waals surface area contributed by atoms with Gasteiger partial charge < -0.3 is 13.9 Å². The summed E-state index contributed by atoms with van der Waals surface area (Å²) in [6, 6.07) is 5.71. The molecule has 6 heteroatoms. The van der Waals surface area contributed by atoms with Gasteiger partial charge in [-0.1, -0.05) is 11.6 Å². The Balaban J connectivity index is 1.90. The van der Waals surface area contributed by atoms with Crippen LogP contribution in [0.5, 0.6) is 0 Å². The molecule has 0 bridgehead atoms. The molecule has 0 saturated carbocycles. The maximum Gasteiger partial charge on any atom is 0.496 e. The molecule has 1 aliphatic rings. The predicted molar refractivity (Wildman–Crippen MR) is 84.3 cm³/mol. The van der Waals surface area contributed by atoms with Gasteiger partial charge in [-0.05, 0) is 45.9 Å². The molecule has 0 spiro atoms. The Morgan fingerprint density at radius 1 is 1.10 bits per heavy atom. The Hall–Kier alpha value is -1.30. The van der Waals surface area contributed by atoms with E-state index in [0.29, 0.717) is 10.8 Å². The molecule has 0 aliphatic carbocycles. The molecule has 1 aliphatic heterocycles. The van der Waals surface area contributed by atoms with Crippen LogP contribution in [0.2, 0.25) is 5.02 Å². The Morgan fingerprint density at radius 3 is 2.19 bits per heavy atom. The molecule has 3 rings (SSSR count). The van der Waals surface area contributed by atoms with Crippen molar-refractivity contribution in [1.29, 1.82) is 0 Å². The van der Waals surface area contributed by atoms with E-state index in [9.17, 15) is 0 Å². The zero-order chi connectivity index (χ0) is 15.3. The molecule has 0 N–H and O–H groups in total. The molecular weight excluding hydrogens is 286 g/mol. The SMILES string of the molecule is CC1(C)OB(c2cnc(-n3cccc3)c(Cl)c2)OC1(C)C. The average molecular weight is 305 g/mol. The van der Waals surface area contributed by atoms with Gasteiger partial charge in [0.15, 0.2) is 5.82 Å². The third-order valence-electron chi connectivity index (χ3n) is 4.22. The predicted octanol–water partition coefficient (Wildman–Crippen LogP) is 2.82. The van der Waals surface area contributed by atoms with E-state index >= 15 is 0 Å². The van der Waals surface area contributed by atoms with Crippen LogP contribution >= 0.6 is 11.6 Å². The number of aromatic nitrogens is 2. The van der Waals surface area contributed by atoms with Crippen molar-refractivity contribution in [3.63, 3.8) is 0 Å². The van der Waals surface area contributed by atoms with Crippen molar-refractivity contribution in [3.05, 3.63) is 41.8 Å². The Bertz CT molecular complexity index is 640. The summed E-state index contributed by atoms with van der Waals surface area (Å²) < 4.78 is 13.9. The van der Waals surface area contributed by atoms with E-state index in [1.165, 1.54) is 0 Å². The fourth-order valence-corrected chi connectivity index (χ4v) is 2.49. The van der Waals surface area contributed by atoms with Gasteiger partial charge in [0, 0.05) is 24.1 Å². The molecule has 1 saturated heterocycles. The molecule has 0 aromatic carbocycles. The number of hydrogen-bond acceptors (Lipinski definition) is 3. The molecule has 3 heterocycles. The van der Waals surface area contributed by atoms with Gasteiger partial charge >= 0.3 is 7.12 Å². The summed E-state index contributed by atoms with van der Waals surface area (Å²) in [5, 5.41) is 0.568. The van der Waals surface area contributed by atoms with Crippen LogP contribution in [0.3, 0.4) is 0 Å². The molecule has 4 nitrogen and oxygen atoms in total. The van der Waals surface area contributed by atoms with Crippen molar-refractivity contribution in [1.82, 2.24) is 9.55 Å². The Morgan fingerprint density at radius 2 is 1.67 bits per heavy atom. The lowest BCUT2D eigenvalue weighted by Crippen LogP contribution is -2.41. The fourth-order valence-electron chi connectivity index (χ4n) is 2.22. The van der Waals surface area contributed by atoms with Crippen molar-refractivity contribution in [2.24, 2.45) is 0 Å². The van der Waals surface area contributed by atoms with E-state index in [1.54, 1.807) is 6.20 Å². The van der Waals surface area contributed by atoms with E-state index in [0.717, 1.165) is 5.46 Å². The number of pyridine rings is 1. The fraction of sp³-hybridized carbons (Fsp3) is 0.400. The Labute approximate surface area is 130 Å². The molecular formula is C15H18BClN2O2. The molecule has 2 aromatic rings. The minimum atomic E-state index is -0.446. The van der Waals surface area contributed by atoms with Crippen LogP contribution in [0.1, 0.15) is 27.7 Å². The molecule has 2 aromatic heterocycles. The summed E-state index contributed by atoms with van der Waals surface area (Å²) in [4.78, 5) is 4.43. The minimum absolute atomic E-state index is 0.372. The largest absolute Gasteiger partial charge is 0.496 e. The first kappa shape index (κ1) is 14.6. The van der Waals surface area contributed by atoms with Gasteiger partial charge in [0.2, 0.25) is 0 Å². The van der Waals surface area contributed by atoms with E-state index in [2.05, 4.69) is 4.98 Å². The van der Waals surface area contributed by atoms with Gasteiger partial charge in [-0.3, -0.25) is 0 Å². The lowest BCUT2D eigenvalue weighted by atomic mass is 9.80. The summed E-state index contributed by atoms with van der Waals surface area (Å²) >= 11 is 6.35. The van der Waals surface area contributed by atoms with Crippen LogP contribution in [-0.4, -0.2) is 27.9 Å². The van der Waals surface area contributed by atoms with Crippen LogP contribution in [0.25, 0.3) is 5.82 Å². The van der Waals surface area contributed by atoms with E-state index < -0.39 is 7.12 Å². The summed E-state index contributed by atoms with van der Waals surface area (Å²) in [6.07, 6.45) is 5.56. The molecule has 110 valence electrons. The van der Waals surface area contributed by atoms with Crippen LogP contribution in [0, 0.1) is 0 Å². The first-order valence-corrected chi connectivity index (χ1v) is 7.32. The van der Waals surface area contributed by atoms with Gasteiger partial charge in [0.1, 0.15) is 0 Å². The number of halogens is 1. The van der Waals surface area contributed by atoms with Gasteiger partial charge in [-0.2, -0.15) is 0 Å². The third-order valence-corrected chi connectivity index (χ3v) is 4.50. The molecule has 21 heavy (non-hydrogen) atoms. The average Bonchev–Trinajstić information content (AvgIpc) is 2.96. The van der Waals surface area contributed by atoms with Gasteiger partial charge in [-0.25, -0.2) is 4.98 Å². The molecule has 0 amide bonds. The number of rotatable bonds is 2. The van der Waals surface area contributed by atoms with Crippen molar-refractivity contribution in [2.45, 2.75) is 38.9 Å². The van der Waals surface area contributed by atoms with Gasteiger partial charge in [0.25, 0.3) is 0 Å². The molecule has 0 unspecified atom stereocenters. The lowest BCUT2D eigenvalue weighted by molar-refractivity contribution is 0.00578. The number of hydrogen-bond donors (Lipinski definition) is 0. The van der Waals surface area contributed by atoms with Gasteiger partial charge in [-0.15, -0.1) is 0 Å². The van der Waals surface area contributed by atoms with E-state index in [4.69, 9.17) is 20.9 Å².